The number of aromatic nitrogens is 2. The Balaban J connectivity index is 1.93. The molecule has 5 nitrogen and oxygen atoms in total. The number of aryl methyl sites for hydroxylation is 3. The van der Waals surface area contributed by atoms with Crippen LogP contribution in [-0.2, 0) is 13.1 Å². The lowest BCUT2D eigenvalue weighted by Crippen LogP contribution is -2.14. The van der Waals surface area contributed by atoms with Gasteiger partial charge in [-0.2, -0.15) is 0 Å². The summed E-state index contributed by atoms with van der Waals surface area (Å²) in [6.45, 7) is 7.05. The van der Waals surface area contributed by atoms with Crippen molar-refractivity contribution in [3.05, 3.63) is 40.9 Å². The summed E-state index contributed by atoms with van der Waals surface area (Å²) in [6, 6.07) is 3.83. The zero-order chi connectivity index (χ0) is 13.8. The summed E-state index contributed by atoms with van der Waals surface area (Å²) in [7, 11) is 1.66. The predicted molar refractivity (Wildman–Crippen MR) is 72.0 cm³/mol. The molecule has 0 atom stereocenters. The molecule has 0 amide bonds. The van der Waals surface area contributed by atoms with Gasteiger partial charge in [-0.15, -0.1) is 0 Å². The van der Waals surface area contributed by atoms with E-state index >= 15 is 0 Å². The van der Waals surface area contributed by atoms with Crippen LogP contribution in [0.4, 0.5) is 0 Å². The van der Waals surface area contributed by atoms with Gasteiger partial charge in [0, 0.05) is 24.4 Å². The SMILES string of the molecule is COc1cc(C)nc(CNCc2nc(C)c(C)o2)c1. The molecule has 0 fully saturated rings. The lowest BCUT2D eigenvalue weighted by molar-refractivity contribution is 0.412. The molecule has 2 rings (SSSR count). The standard InChI is InChI=1S/C14H19N3O2/c1-9-5-13(18-4)6-12(16-9)7-15-8-14-17-10(2)11(3)19-14/h5-6,15H,7-8H2,1-4H3. The molecular weight excluding hydrogens is 242 g/mol. The third-order valence-corrected chi connectivity index (χ3v) is 2.87. The lowest BCUT2D eigenvalue weighted by atomic mass is 10.3. The van der Waals surface area contributed by atoms with Crippen molar-refractivity contribution < 1.29 is 9.15 Å². The Morgan fingerprint density at radius 3 is 2.58 bits per heavy atom. The summed E-state index contributed by atoms with van der Waals surface area (Å²) in [5.74, 6) is 2.40. The minimum absolute atomic E-state index is 0.590. The van der Waals surface area contributed by atoms with Crippen LogP contribution in [0, 0.1) is 20.8 Å². The number of rotatable bonds is 5. The third kappa shape index (κ3) is 3.54. The van der Waals surface area contributed by atoms with Gasteiger partial charge in [0.1, 0.15) is 11.5 Å². The average Bonchev–Trinajstić information content (AvgIpc) is 2.68. The fourth-order valence-electron chi connectivity index (χ4n) is 1.82. The third-order valence-electron chi connectivity index (χ3n) is 2.87. The molecule has 0 spiro atoms. The molecule has 0 bridgehead atoms. The summed E-state index contributed by atoms with van der Waals surface area (Å²) in [6.07, 6.45) is 0. The molecule has 19 heavy (non-hydrogen) atoms. The van der Waals surface area contributed by atoms with Crippen LogP contribution >= 0.6 is 0 Å². The van der Waals surface area contributed by atoms with E-state index in [1.54, 1.807) is 7.11 Å². The quantitative estimate of drug-likeness (QED) is 0.894. The Morgan fingerprint density at radius 1 is 1.16 bits per heavy atom. The second-order valence-corrected chi connectivity index (χ2v) is 4.49. The van der Waals surface area contributed by atoms with Crippen LogP contribution in [0.3, 0.4) is 0 Å². The van der Waals surface area contributed by atoms with E-state index < -0.39 is 0 Å². The second kappa shape index (κ2) is 5.84. The zero-order valence-electron chi connectivity index (χ0n) is 11.8. The number of methoxy groups -OCH3 is 1. The summed E-state index contributed by atoms with van der Waals surface area (Å²) in [5.41, 5.74) is 2.82. The van der Waals surface area contributed by atoms with Crippen molar-refractivity contribution in [2.75, 3.05) is 7.11 Å². The topological polar surface area (TPSA) is 60.2 Å². The molecule has 0 unspecified atom stereocenters. The fourth-order valence-corrected chi connectivity index (χ4v) is 1.82. The van der Waals surface area contributed by atoms with Crippen molar-refractivity contribution >= 4 is 0 Å². The van der Waals surface area contributed by atoms with E-state index in [0.29, 0.717) is 19.0 Å². The average molecular weight is 261 g/mol. The molecule has 0 radical (unpaired) electrons. The number of ether oxygens (including phenoxy) is 1. The van der Waals surface area contributed by atoms with Crippen molar-refractivity contribution in [2.24, 2.45) is 0 Å². The first-order chi connectivity index (χ1) is 9.08. The summed E-state index contributed by atoms with van der Waals surface area (Å²) in [5, 5.41) is 3.26. The number of pyridine rings is 1. The van der Waals surface area contributed by atoms with E-state index in [0.717, 1.165) is 28.6 Å². The Bertz CT molecular complexity index is 544. The minimum atomic E-state index is 0.590. The second-order valence-electron chi connectivity index (χ2n) is 4.49. The number of oxazole rings is 1. The first-order valence-electron chi connectivity index (χ1n) is 6.23. The molecular formula is C14H19N3O2. The highest BCUT2D eigenvalue weighted by Gasteiger charge is 2.05. The number of hydrogen-bond donors (Lipinski definition) is 1. The van der Waals surface area contributed by atoms with Crippen molar-refractivity contribution in [3.63, 3.8) is 0 Å². The molecule has 0 aliphatic rings. The van der Waals surface area contributed by atoms with Crippen LogP contribution in [0.2, 0.25) is 0 Å². The van der Waals surface area contributed by atoms with E-state index in [-0.39, 0.29) is 0 Å². The molecule has 1 N–H and O–H groups in total. The van der Waals surface area contributed by atoms with Gasteiger partial charge in [-0.1, -0.05) is 0 Å². The van der Waals surface area contributed by atoms with Crippen LogP contribution in [-0.4, -0.2) is 17.1 Å². The highest BCUT2D eigenvalue weighted by atomic mass is 16.5. The number of nitrogens with one attached hydrogen (secondary N) is 1. The lowest BCUT2D eigenvalue weighted by Gasteiger charge is -2.06. The van der Waals surface area contributed by atoms with Crippen molar-refractivity contribution in [1.82, 2.24) is 15.3 Å². The smallest absolute Gasteiger partial charge is 0.208 e. The van der Waals surface area contributed by atoms with Crippen LogP contribution in [0.25, 0.3) is 0 Å². The molecule has 0 saturated carbocycles. The van der Waals surface area contributed by atoms with Crippen molar-refractivity contribution in [3.8, 4) is 5.75 Å². The van der Waals surface area contributed by atoms with Gasteiger partial charge in [-0.3, -0.25) is 4.98 Å². The Kier molecular flexibility index (Phi) is 4.16. The molecule has 5 heteroatoms. The minimum Gasteiger partial charge on any atom is -0.497 e. The highest BCUT2D eigenvalue weighted by molar-refractivity contribution is 5.26. The number of nitrogens with zero attached hydrogens (tertiary/aromatic N) is 2. The molecule has 102 valence electrons. The zero-order valence-corrected chi connectivity index (χ0v) is 11.8. The normalized spacial score (nSPS) is 10.7. The van der Waals surface area contributed by atoms with Crippen LogP contribution in [0.15, 0.2) is 16.5 Å². The van der Waals surface area contributed by atoms with E-state index in [4.69, 9.17) is 9.15 Å². The van der Waals surface area contributed by atoms with Crippen LogP contribution < -0.4 is 10.1 Å². The molecule has 0 aliphatic carbocycles. The van der Waals surface area contributed by atoms with Gasteiger partial charge >= 0.3 is 0 Å². The van der Waals surface area contributed by atoms with Gasteiger partial charge in [0.15, 0.2) is 0 Å². The van der Waals surface area contributed by atoms with Gasteiger partial charge in [-0.25, -0.2) is 4.98 Å². The van der Waals surface area contributed by atoms with Gasteiger partial charge in [-0.05, 0) is 20.8 Å². The number of hydrogen-bond acceptors (Lipinski definition) is 5. The van der Waals surface area contributed by atoms with Gasteiger partial charge in [0.05, 0.1) is 25.0 Å². The first-order valence-corrected chi connectivity index (χ1v) is 6.23. The predicted octanol–water partition coefficient (Wildman–Crippen LogP) is 2.29. The van der Waals surface area contributed by atoms with E-state index in [1.807, 2.05) is 32.9 Å². The maximum atomic E-state index is 5.50. The maximum absolute atomic E-state index is 5.50. The largest absolute Gasteiger partial charge is 0.497 e. The molecule has 2 heterocycles. The van der Waals surface area contributed by atoms with Gasteiger partial charge < -0.3 is 14.5 Å². The molecule has 2 aromatic rings. The fraction of sp³-hybridized carbons (Fsp3) is 0.429. The van der Waals surface area contributed by atoms with Crippen LogP contribution in [0.1, 0.15) is 28.7 Å². The first kappa shape index (κ1) is 13.5. The van der Waals surface area contributed by atoms with Gasteiger partial charge in [0.25, 0.3) is 0 Å². The summed E-state index contributed by atoms with van der Waals surface area (Å²) >= 11 is 0. The molecule has 0 aromatic carbocycles. The highest BCUT2D eigenvalue weighted by Crippen LogP contribution is 2.13. The molecule has 0 aliphatic heterocycles. The summed E-state index contributed by atoms with van der Waals surface area (Å²) in [4.78, 5) is 8.76. The summed E-state index contributed by atoms with van der Waals surface area (Å²) < 4.78 is 10.7. The molecule has 0 saturated heterocycles. The monoisotopic (exact) mass is 261 g/mol. The molecule has 2 aromatic heterocycles. The van der Waals surface area contributed by atoms with Crippen molar-refractivity contribution in [1.29, 1.82) is 0 Å². The maximum Gasteiger partial charge on any atom is 0.208 e. The van der Waals surface area contributed by atoms with E-state index in [1.165, 1.54) is 0 Å². The van der Waals surface area contributed by atoms with Crippen molar-refractivity contribution in [2.45, 2.75) is 33.9 Å². The van der Waals surface area contributed by atoms with Crippen LogP contribution in [0.5, 0.6) is 5.75 Å². The van der Waals surface area contributed by atoms with Gasteiger partial charge in [0.2, 0.25) is 5.89 Å². The van der Waals surface area contributed by atoms with E-state index in [2.05, 4.69) is 15.3 Å². The van der Waals surface area contributed by atoms with E-state index in [9.17, 15) is 0 Å². The Labute approximate surface area is 113 Å². The Hall–Kier alpha value is -1.88. The Morgan fingerprint density at radius 2 is 1.95 bits per heavy atom.